The maximum absolute atomic E-state index is 11.9. The molecule has 0 saturated heterocycles. The number of pyridine rings is 1. The molecule has 100 valence electrons. The van der Waals surface area contributed by atoms with Crippen LogP contribution in [-0.2, 0) is 14.8 Å². The van der Waals surface area contributed by atoms with Crippen molar-refractivity contribution in [3.8, 4) is 0 Å². The van der Waals surface area contributed by atoms with E-state index in [9.17, 15) is 13.2 Å². The lowest BCUT2D eigenvalue weighted by Gasteiger charge is -2.12. The van der Waals surface area contributed by atoms with E-state index in [-0.39, 0.29) is 15.1 Å². The Labute approximate surface area is 115 Å². The van der Waals surface area contributed by atoms with Crippen LogP contribution in [0.1, 0.15) is 6.92 Å². The van der Waals surface area contributed by atoms with E-state index in [1.54, 1.807) is 0 Å². The fraction of sp³-hybridized carbons (Fsp3) is 0.333. The number of aromatic nitrogens is 1. The summed E-state index contributed by atoms with van der Waals surface area (Å²) in [5.41, 5.74) is 0. The summed E-state index contributed by atoms with van der Waals surface area (Å²) in [5, 5.41) is 2.36. The lowest BCUT2D eigenvalue weighted by Crippen LogP contribution is -2.43. The van der Waals surface area contributed by atoms with Crippen LogP contribution in [0.15, 0.2) is 17.2 Å². The fourth-order valence-corrected chi connectivity index (χ4v) is 2.63. The number of hydrogen-bond acceptors (Lipinski definition) is 4. The molecule has 9 heteroatoms. The molecule has 6 nitrogen and oxygen atoms in total. The molecule has 0 bridgehead atoms. The number of nitrogens with one attached hydrogen (secondary N) is 2. The number of amides is 1. The molecule has 0 radical (unpaired) electrons. The first kappa shape index (κ1) is 15.2. The molecule has 0 aromatic carbocycles. The molecule has 2 N–H and O–H groups in total. The predicted octanol–water partition coefficient (Wildman–Crippen LogP) is 0.801. The van der Waals surface area contributed by atoms with Crippen molar-refractivity contribution in [3.63, 3.8) is 0 Å². The number of nitrogens with zero attached hydrogens (tertiary/aromatic N) is 1. The normalized spacial score (nSPS) is 13.1. The number of rotatable bonds is 4. The smallest absolute Gasteiger partial charge is 0.242 e. The van der Waals surface area contributed by atoms with E-state index < -0.39 is 22.0 Å². The van der Waals surface area contributed by atoms with Crippen LogP contribution in [0, 0.1) is 0 Å². The zero-order valence-corrected chi connectivity index (χ0v) is 11.9. The Morgan fingerprint density at radius 3 is 2.56 bits per heavy atom. The molecule has 0 aliphatic heterocycles. The summed E-state index contributed by atoms with van der Waals surface area (Å²) in [5.74, 6) is -0.452. The maximum Gasteiger partial charge on any atom is 0.242 e. The topological polar surface area (TPSA) is 88.2 Å². The molecular formula is C9H11Cl2N3O3S. The van der Waals surface area contributed by atoms with Crippen molar-refractivity contribution < 1.29 is 13.2 Å². The number of carbonyl (C=O) groups excluding carboxylic acids is 1. The molecule has 1 atom stereocenters. The largest absolute Gasteiger partial charge is 0.358 e. The van der Waals surface area contributed by atoms with E-state index in [2.05, 4.69) is 15.0 Å². The number of carbonyl (C=O) groups is 1. The van der Waals surface area contributed by atoms with Gasteiger partial charge in [-0.3, -0.25) is 4.79 Å². The Bertz CT molecular complexity index is 562. The second-order valence-corrected chi connectivity index (χ2v) is 5.88. The molecule has 0 aliphatic carbocycles. The van der Waals surface area contributed by atoms with Gasteiger partial charge in [0.1, 0.15) is 10.0 Å². The van der Waals surface area contributed by atoms with Crippen molar-refractivity contribution in [1.82, 2.24) is 15.0 Å². The molecule has 1 aromatic rings. The Kier molecular flexibility index (Phi) is 4.92. The molecule has 1 rings (SSSR count). The summed E-state index contributed by atoms with van der Waals surface area (Å²) in [6.45, 7) is 1.42. The van der Waals surface area contributed by atoms with Crippen molar-refractivity contribution in [2.45, 2.75) is 17.9 Å². The number of hydrogen-bond donors (Lipinski definition) is 2. The van der Waals surface area contributed by atoms with Crippen LogP contribution in [0.5, 0.6) is 0 Å². The summed E-state index contributed by atoms with van der Waals surface area (Å²) in [6, 6.07) is 0.255. The van der Waals surface area contributed by atoms with Crippen molar-refractivity contribution in [1.29, 1.82) is 0 Å². The van der Waals surface area contributed by atoms with Crippen LogP contribution in [-0.4, -0.2) is 32.4 Å². The van der Waals surface area contributed by atoms with Gasteiger partial charge in [-0.2, -0.15) is 4.72 Å². The minimum absolute atomic E-state index is 0.00923. The third kappa shape index (κ3) is 3.55. The van der Waals surface area contributed by atoms with Gasteiger partial charge in [-0.1, -0.05) is 23.2 Å². The third-order valence-electron chi connectivity index (χ3n) is 2.05. The Morgan fingerprint density at radius 2 is 2.06 bits per heavy atom. The quantitative estimate of drug-likeness (QED) is 0.805. The highest BCUT2D eigenvalue weighted by Gasteiger charge is 2.22. The van der Waals surface area contributed by atoms with Gasteiger partial charge in [-0.25, -0.2) is 13.4 Å². The van der Waals surface area contributed by atoms with E-state index in [4.69, 9.17) is 23.2 Å². The van der Waals surface area contributed by atoms with Gasteiger partial charge in [0.2, 0.25) is 15.9 Å². The van der Waals surface area contributed by atoms with Gasteiger partial charge < -0.3 is 5.32 Å². The van der Waals surface area contributed by atoms with Gasteiger partial charge >= 0.3 is 0 Å². The van der Waals surface area contributed by atoms with Crippen molar-refractivity contribution in [2.24, 2.45) is 0 Å². The molecular weight excluding hydrogens is 301 g/mol. The van der Waals surface area contributed by atoms with Gasteiger partial charge in [-0.05, 0) is 13.0 Å². The molecule has 0 fully saturated rings. The zero-order chi connectivity index (χ0) is 13.9. The summed E-state index contributed by atoms with van der Waals surface area (Å²) in [7, 11) is -2.46. The molecule has 0 aliphatic rings. The number of sulfonamides is 1. The highest BCUT2D eigenvalue weighted by Crippen LogP contribution is 2.22. The first-order chi connectivity index (χ1) is 8.27. The molecule has 18 heavy (non-hydrogen) atoms. The summed E-state index contributed by atoms with van der Waals surface area (Å²) >= 11 is 11.3. The molecule has 0 spiro atoms. The van der Waals surface area contributed by atoms with Crippen LogP contribution in [0.3, 0.4) is 0 Å². The van der Waals surface area contributed by atoms with Gasteiger partial charge in [-0.15, -0.1) is 0 Å². The number of likely N-dealkylation sites (N-methyl/N-ethyl adjacent to an activating group) is 1. The highest BCUT2D eigenvalue weighted by atomic mass is 35.5. The lowest BCUT2D eigenvalue weighted by atomic mass is 10.3. The van der Waals surface area contributed by atoms with Crippen LogP contribution in [0.25, 0.3) is 0 Å². The van der Waals surface area contributed by atoms with E-state index in [0.717, 1.165) is 12.3 Å². The fourth-order valence-electron chi connectivity index (χ4n) is 1.12. The second-order valence-electron chi connectivity index (χ2n) is 3.40. The Hall–Kier alpha value is -0.890. The molecule has 1 unspecified atom stereocenters. The Morgan fingerprint density at radius 1 is 1.44 bits per heavy atom. The molecule has 1 heterocycles. The highest BCUT2D eigenvalue weighted by molar-refractivity contribution is 7.89. The summed E-state index contributed by atoms with van der Waals surface area (Å²) < 4.78 is 26.0. The van der Waals surface area contributed by atoms with Crippen LogP contribution < -0.4 is 10.0 Å². The van der Waals surface area contributed by atoms with Gasteiger partial charge in [0.15, 0.2) is 0 Å². The first-order valence-electron chi connectivity index (χ1n) is 4.83. The summed E-state index contributed by atoms with van der Waals surface area (Å²) in [6.07, 6.45) is 1.06. The minimum atomic E-state index is -3.87. The van der Waals surface area contributed by atoms with Crippen molar-refractivity contribution >= 4 is 39.1 Å². The van der Waals surface area contributed by atoms with Crippen LogP contribution in [0.2, 0.25) is 10.2 Å². The van der Waals surface area contributed by atoms with E-state index in [1.807, 2.05) is 0 Å². The van der Waals surface area contributed by atoms with E-state index in [0.29, 0.717) is 0 Å². The molecule has 0 saturated carbocycles. The molecule has 1 amide bonds. The van der Waals surface area contributed by atoms with Gasteiger partial charge in [0, 0.05) is 13.2 Å². The standard InChI is InChI=1S/C9H11Cl2N3O3S/c1-5(9(15)12-2)14-18(16,17)6-3-7(10)8(11)13-4-6/h3-5,14H,1-2H3,(H,12,15). The van der Waals surface area contributed by atoms with Crippen molar-refractivity contribution in [2.75, 3.05) is 7.05 Å². The van der Waals surface area contributed by atoms with E-state index >= 15 is 0 Å². The van der Waals surface area contributed by atoms with E-state index in [1.165, 1.54) is 14.0 Å². The summed E-state index contributed by atoms with van der Waals surface area (Å²) in [4.78, 5) is 14.7. The van der Waals surface area contributed by atoms with Crippen LogP contribution >= 0.6 is 23.2 Å². The SMILES string of the molecule is CNC(=O)C(C)NS(=O)(=O)c1cnc(Cl)c(Cl)c1. The molecule has 1 aromatic heterocycles. The van der Waals surface area contributed by atoms with Gasteiger partial charge in [0.25, 0.3) is 0 Å². The monoisotopic (exact) mass is 311 g/mol. The predicted molar refractivity (Wildman–Crippen MR) is 68.1 cm³/mol. The average Bonchev–Trinajstić information content (AvgIpc) is 2.30. The first-order valence-corrected chi connectivity index (χ1v) is 7.07. The van der Waals surface area contributed by atoms with Gasteiger partial charge in [0.05, 0.1) is 11.1 Å². The average molecular weight is 312 g/mol. The third-order valence-corrected chi connectivity index (χ3v) is 4.25. The Balaban J connectivity index is 3.00. The van der Waals surface area contributed by atoms with Crippen LogP contribution in [0.4, 0.5) is 0 Å². The maximum atomic E-state index is 11.9. The number of halogens is 2. The lowest BCUT2D eigenvalue weighted by molar-refractivity contribution is -0.121. The second kappa shape index (κ2) is 5.83. The van der Waals surface area contributed by atoms with Crippen molar-refractivity contribution in [3.05, 3.63) is 22.4 Å². The zero-order valence-electron chi connectivity index (χ0n) is 9.57. The minimum Gasteiger partial charge on any atom is -0.358 e.